The van der Waals surface area contributed by atoms with Crippen LogP contribution in [-0.4, -0.2) is 31.8 Å². The highest BCUT2D eigenvalue weighted by atomic mass is 32.1. The minimum atomic E-state index is 0.375. The van der Waals surface area contributed by atoms with E-state index >= 15 is 0 Å². The lowest BCUT2D eigenvalue weighted by atomic mass is 10.2. The van der Waals surface area contributed by atoms with Crippen LogP contribution < -0.4 is 10.6 Å². The van der Waals surface area contributed by atoms with Crippen molar-refractivity contribution in [3.05, 3.63) is 42.4 Å². The van der Waals surface area contributed by atoms with Gasteiger partial charge in [-0.3, -0.25) is 4.68 Å². The molecule has 0 aliphatic rings. The molecule has 3 aromatic rings. The van der Waals surface area contributed by atoms with E-state index in [1.807, 2.05) is 43.3 Å². The highest BCUT2D eigenvalue weighted by molar-refractivity contribution is 7.80. The number of anilines is 2. The summed E-state index contributed by atoms with van der Waals surface area (Å²) in [5.41, 5.74) is 8.25. The Kier molecular flexibility index (Phi) is 3.26. The molecular formula is C14H14N6S. The molecule has 0 saturated carbocycles. The Hall–Kier alpha value is -2.54. The van der Waals surface area contributed by atoms with E-state index in [0.29, 0.717) is 4.99 Å². The number of nitrogens with zero attached hydrogens (tertiary/aromatic N) is 5. The number of aromatic nitrogens is 4. The Morgan fingerprint density at radius 2 is 2.14 bits per heavy atom. The average Bonchev–Trinajstić information content (AvgIpc) is 2.88. The van der Waals surface area contributed by atoms with Crippen LogP contribution in [0.15, 0.2) is 36.8 Å². The molecule has 106 valence electrons. The van der Waals surface area contributed by atoms with Crippen molar-refractivity contribution in [2.75, 3.05) is 11.9 Å². The molecule has 6 nitrogen and oxygen atoms in total. The van der Waals surface area contributed by atoms with Crippen molar-refractivity contribution in [2.45, 2.75) is 0 Å². The van der Waals surface area contributed by atoms with Gasteiger partial charge in [-0.15, -0.1) is 0 Å². The predicted octanol–water partition coefficient (Wildman–Crippen LogP) is 1.77. The number of rotatable bonds is 3. The van der Waals surface area contributed by atoms with Gasteiger partial charge in [0, 0.05) is 25.3 Å². The molecule has 0 unspecified atom stereocenters. The van der Waals surface area contributed by atoms with Gasteiger partial charge in [0.15, 0.2) is 5.65 Å². The molecule has 7 heteroatoms. The first-order chi connectivity index (χ1) is 10.1. The first-order valence-electron chi connectivity index (χ1n) is 6.34. The fourth-order valence-electron chi connectivity index (χ4n) is 2.21. The molecular weight excluding hydrogens is 284 g/mol. The first-order valence-corrected chi connectivity index (χ1v) is 6.75. The lowest BCUT2D eigenvalue weighted by Gasteiger charge is -2.19. The molecule has 0 amide bonds. The molecule has 2 heterocycles. The van der Waals surface area contributed by atoms with E-state index in [1.165, 1.54) is 6.33 Å². The molecule has 21 heavy (non-hydrogen) atoms. The number of nitrogens with two attached hydrogens (primary N) is 1. The quantitative estimate of drug-likeness (QED) is 0.743. The largest absolute Gasteiger partial charge is 0.389 e. The Morgan fingerprint density at radius 3 is 2.90 bits per heavy atom. The lowest BCUT2D eigenvalue weighted by molar-refractivity contribution is 0.785. The second-order valence-electron chi connectivity index (χ2n) is 4.68. The first kappa shape index (κ1) is 13.4. The molecule has 0 atom stereocenters. The summed E-state index contributed by atoms with van der Waals surface area (Å²) in [6.07, 6.45) is 3.30. The summed E-state index contributed by atoms with van der Waals surface area (Å²) in [6.45, 7) is 0. The Bertz CT molecular complexity index is 825. The van der Waals surface area contributed by atoms with Gasteiger partial charge in [0.05, 0.1) is 11.6 Å². The van der Waals surface area contributed by atoms with Gasteiger partial charge in [0.2, 0.25) is 0 Å². The van der Waals surface area contributed by atoms with Crippen LogP contribution in [0.2, 0.25) is 0 Å². The topological polar surface area (TPSA) is 72.9 Å². The number of hydrogen-bond acceptors (Lipinski definition) is 5. The van der Waals surface area contributed by atoms with Crippen molar-refractivity contribution in [1.82, 2.24) is 19.7 Å². The van der Waals surface area contributed by atoms with Crippen molar-refractivity contribution >= 4 is 39.7 Å². The van der Waals surface area contributed by atoms with Crippen LogP contribution in [0, 0.1) is 0 Å². The third-order valence-corrected chi connectivity index (χ3v) is 3.58. The van der Waals surface area contributed by atoms with E-state index in [1.54, 1.807) is 10.9 Å². The molecule has 1 aromatic carbocycles. The van der Waals surface area contributed by atoms with Crippen molar-refractivity contribution in [1.29, 1.82) is 0 Å². The highest BCUT2D eigenvalue weighted by Gasteiger charge is 2.13. The fourth-order valence-corrected chi connectivity index (χ4v) is 2.33. The van der Waals surface area contributed by atoms with E-state index in [0.717, 1.165) is 28.1 Å². The van der Waals surface area contributed by atoms with Gasteiger partial charge < -0.3 is 10.6 Å². The van der Waals surface area contributed by atoms with Crippen molar-refractivity contribution in [3.63, 3.8) is 0 Å². The summed E-state index contributed by atoms with van der Waals surface area (Å²) in [7, 11) is 3.79. The monoisotopic (exact) mass is 298 g/mol. The van der Waals surface area contributed by atoms with E-state index in [2.05, 4.69) is 15.1 Å². The van der Waals surface area contributed by atoms with Crippen LogP contribution in [0.25, 0.3) is 11.0 Å². The molecule has 2 aromatic heterocycles. The number of fused-ring (bicyclic) bond motifs is 1. The maximum Gasteiger partial charge on any atom is 0.163 e. The van der Waals surface area contributed by atoms with Crippen molar-refractivity contribution in [2.24, 2.45) is 12.8 Å². The molecule has 0 spiro atoms. The van der Waals surface area contributed by atoms with Gasteiger partial charge >= 0.3 is 0 Å². The molecule has 0 aliphatic heterocycles. The van der Waals surface area contributed by atoms with Crippen LogP contribution in [0.3, 0.4) is 0 Å². The number of benzene rings is 1. The van der Waals surface area contributed by atoms with Crippen molar-refractivity contribution in [3.8, 4) is 0 Å². The van der Waals surface area contributed by atoms with E-state index in [9.17, 15) is 0 Å². The van der Waals surface area contributed by atoms with E-state index < -0.39 is 0 Å². The van der Waals surface area contributed by atoms with Crippen LogP contribution in [0.5, 0.6) is 0 Å². The smallest absolute Gasteiger partial charge is 0.163 e. The fraction of sp³-hybridized carbons (Fsp3) is 0.143. The maximum absolute atomic E-state index is 5.69. The number of hydrogen-bond donors (Lipinski definition) is 1. The number of thiocarbonyl (C=S) groups is 1. The highest BCUT2D eigenvalue weighted by Crippen LogP contribution is 2.27. The van der Waals surface area contributed by atoms with Gasteiger partial charge in [0.25, 0.3) is 0 Å². The summed E-state index contributed by atoms with van der Waals surface area (Å²) >= 11 is 5.03. The zero-order valence-electron chi connectivity index (χ0n) is 11.7. The van der Waals surface area contributed by atoms with Crippen LogP contribution >= 0.6 is 12.2 Å². The van der Waals surface area contributed by atoms with Crippen LogP contribution in [-0.2, 0) is 7.05 Å². The summed E-state index contributed by atoms with van der Waals surface area (Å²) < 4.78 is 1.72. The molecule has 2 N–H and O–H groups in total. The molecule has 0 bridgehead atoms. The average molecular weight is 298 g/mol. The second-order valence-corrected chi connectivity index (χ2v) is 5.12. The second kappa shape index (κ2) is 5.10. The molecule has 0 aliphatic carbocycles. The SMILES string of the molecule is CN(c1cccc(C(N)=S)c1)c1ncnc2c1cnn2C. The summed E-state index contributed by atoms with van der Waals surface area (Å²) in [5.74, 6) is 0.785. The Labute approximate surface area is 127 Å². The maximum atomic E-state index is 5.69. The third-order valence-electron chi connectivity index (χ3n) is 3.34. The van der Waals surface area contributed by atoms with E-state index in [4.69, 9.17) is 18.0 Å². The predicted molar refractivity (Wildman–Crippen MR) is 86.7 cm³/mol. The van der Waals surface area contributed by atoms with E-state index in [-0.39, 0.29) is 0 Å². The van der Waals surface area contributed by atoms with Crippen LogP contribution in [0.1, 0.15) is 5.56 Å². The van der Waals surface area contributed by atoms with Crippen molar-refractivity contribution < 1.29 is 0 Å². The summed E-state index contributed by atoms with van der Waals surface area (Å²) in [6, 6.07) is 7.72. The Balaban J connectivity index is 2.10. The third kappa shape index (κ3) is 2.31. The van der Waals surface area contributed by atoms with Gasteiger partial charge in [-0.2, -0.15) is 5.10 Å². The van der Waals surface area contributed by atoms with Gasteiger partial charge in [-0.25, -0.2) is 9.97 Å². The number of aryl methyl sites for hydroxylation is 1. The summed E-state index contributed by atoms with van der Waals surface area (Å²) in [5, 5.41) is 5.12. The lowest BCUT2D eigenvalue weighted by Crippen LogP contribution is -2.14. The van der Waals surface area contributed by atoms with Gasteiger partial charge in [-0.05, 0) is 12.1 Å². The van der Waals surface area contributed by atoms with Gasteiger partial charge in [-0.1, -0.05) is 24.4 Å². The molecule has 3 rings (SSSR count). The molecule has 0 saturated heterocycles. The standard InChI is InChI=1S/C14H14N6S/c1-19(10-5-3-4-9(6-10)12(15)21)13-11-7-18-20(2)14(11)17-8-16-13/h3-8H,1-2H3,(H2,15,21). The van der Waals surface area contributed by atoms with Gasteiger partial charge in [0.1, 0.15) is 17.1 Å². The molecule has 0 radical (unpaired) electrons. The zero-order valence-corrected chi connectivity index (χ0v) is 12.5. The minimum Gasteiger partial charge on any atom is -0.389 e. The van der Waals surface area contributed by atoms with Crippen LogP contribution in [0.4, 0.5) is 11.5 Å². The Morgan fingerprint density at radius 1 is 1.33 bits per heavy atom. The normalized spacial score (nSPS) is 10.8. The minimum absolute atomic E-state index is 0.375. The molecule has 0 fully saturated rings. The summed E-state index contributed by atoms with van der Waals surface area (Å²) in [4.78, 5) is 11.0. The zero-order chi connectivity index (χ0) is 15.0.